The van der Waals surface area contributed by atoms with Crippen molar-refractivity contribution in [3.05, 3.63) is 26.3 Å². The minimum atomic E-state index is 0.720. The zero-order valence-electron chi connectivity index (χ0n) is 6.48. The van der Waals surface area contributed by atoms with Gasteiger partial charge < -0.3 is 5.73 Å². The fraction of sp³-hybridized carbons (Fsp3) is 0.333. The van der Waals surface area contributed by atoms with E-state index < -0.39 is 0 Å². The van der Waals surface area contributed by atoms with Gasteiger partial charge in [0.15, 0.2) is 0 Å². The molecule has 0 radical (unpaired) electrons. The van der Waals surface area contributed by atoms with Crippen LogP contribution in [0.2, 0.25) is 5.02 Å². The summed E-state index contributed by atoms with van der Waals surface area (Å²) in [6.45, 7) is 0. The first-order valence-corrected chi connectivity index (χ1v) is 5.38. The Hall–Kier alpha value is 0.0400. The lowest BCUT2D eigenvalue weighted by Crippen LogP contribution is -1.94. The molecular formula is C9H9ClIN. The number of benzene rings is 1. The zero-order valence-corrected chi connectivity index (χ0v) is 9.39. The summed E-state index contributed by atoms with van der Waals surface area (Å²) in [5.74, 6) is 0.720. The van der Waals surface area contributed by atoms with Gasteiger partial charge >= 0.3 is 0 Å². The maximum absolute atomic E-state index is 5.91. The number of hydrogen-bond acceptors (Lipinski definition) is 1. The van der Waals surface area contributed by atoms with Crippen LogP contribution >= 0.6 is 34.2 Å². The molecule has 1 aromatic carbocycles. The fourth-order valence-electron chi connectivity index (χ4n) is 1.32. The van der Waals surface area contributed by atoms with Crippen LogP contribution in [0.4, 0.5) is 5.69 Å². The standard InChI is InChI=1S/C9H9ClIN/c10-6-3-7(5-1-2-5)9(11)8(12)4-6/h3-5H,1-2,12H2. The Kier molecular flexibility index (Phi) is 2.21. The normalized spacial score (nSPS) is 16.5. The first-order valence-electron chi connectivity index (χ1n) is 3.93. The van der Waals surface area contributed by atoms with Crippen LogP contribution in [0.5, 0.6) is 0 Å². The molecule has 64 valence electrons. The largest absolute Gasteiger partial charge is 0.398 e. The average Bonchev–Trinajstić information content (AvgIpc) is 2.79. The highest BCUT2D eigenvalue weighted by Crippen LogP contribution is 2.44. The molecule has 1 saturated carbocycles. The van der Waals surface area contributed by atoms with Crippen molar-refractivity contribution < 1.29 is 0 Å². The first kappa shape index (κ1) is 8.63. The van der Waals surface area contributed by atoms with Crippen LogP contribution in [-0.2, 0) is 0 Å². The van der Waals surface area contributed by atoms with E-state index in [2.05, 4.69) is 22.6 Å². The van der Waals surface area contributed by atoms with Gasteiger partial charge in [0.2, 0.25) is 0 Å². The molecule has 0 spiro atoms. The number of nitrogens with two attached hydrogens (primary N) is 1. The van der Waals surface area contributed by atoms with Crippen molar-refractivity contribution in [2.45, 2.75) is 18.8 Å². The lowest BCUT2D eigenvalue weighted by atomic mass is 10.1. The Morgan fingerprint density at radius 3 is 2.67 bits per heavy atom. The SMILES string of the molecule is Nc1cc(Cl)cc(C2CC2)c1I. The van der Waals surface area contributed by atoms with Gasteiger partial charge in [-0.25, -0.2) is 0 Å². The van der Waals surface area contributed by atoms with E-state index in [9.17, 15) is 0 Å². The number of hydrogen-bond donors (Lipinski definition) is 1. The van der Waals surface area contributed by atoms with Crippen molar-refractivity contribution in [3.63, 3.8) is 0 Å². The van der Waals surface area contributed by atoms with Gasteiger partial charge in [-0.1, -0.05) is 11.6 Å². The van der Waals surface area contributed by atoms with E-state index in [0.29, 0.717) is 0 Å². The number of anilines is 1. The second-order valence-electron chi connectivity index (χ2n) is 3.17. The molecule has 1 aliphatic carbocycles. The smallest absolute Gasteiger partial charge is 0.0467 e. The molecule has 0 aliphatic heterocycles. The van der Waals surface area contributed by atoms with E-state index in [4.69, 9.17) is 17.3 Å². The monoisotopic (exact) mass is 293 g/mol. The molecule has 0 saturated heterocycles. The van der Waals surface area contributed by atoms with Gasteiger partial charge in [0, 0.05) is 14.3 Å². The summed E-state index contributed by atoms with van der Waals surface area (Å²) in [7, 11) is 0. The van der Waals surface area contributed by atoms with E-state index in [1.807, 2.05) is 12.1 Å². The van der Waals surface area contributed by atoms with Crippen molar-refractivity contribution in [1.82, 2.24) is 0 Å². The van der Waals surface area contributed by atoms with E-state index >= 15 is 0 Å². The van der Waals surface area contributed by atoms with Crippen LogP contribution in [0.25, 0.3) is 0 Å². The van der Waals surface area contributed by atoms with Gasteiger partial charge in [0.05, 0.1) is 0 Å². The van der Waals surface area contributed by atoms with E-state index in [1.165, 1.54) is 22.0 Å². The summed E-state index contributed by atoms with van der Waals surface area (Å²) in [5.41, 5.74) is 7.94. The summed E-state index contributed by atoms with van der Waals surface area (Å²) in [6, 6.07) is 3.85. The lowest BCUT2D eigenvalue weighted by Gasteiger charge is -2.06. The topological polar surface area (TPSA) is 26.0 Å². The molecule has 3 heteroatoms. The highest BCUT2D eigenvalue weighted by atomic mass is 127. The van der Waals surface area contributed by atoms with Gasteiger partial charge in [-0.2, -0.15) is 0 Å². The predicted octanol–water partition coefficient (Wildman–Crippen LogP) is 3.40. The second kappa shape index (κ2) is 3.07. The van der Waals surface area contributed by atoms with Gasteiger partial charge in [-0.3, -0.25) is 0 Å². The van der Waals surface area contributed by atoms with E-state index in [0.717, 1.165) is 16.6 Å². The molecule has 0 bridgehead atoms. The third-order valence-corrected chi connectivity index (χ3v) is 3.57. The molecule has 1 fully saturated rings. The summed E-state index contributed by atoms with van der Waals surface area (Å²) in [4.78, 5) is 0. The second-order valence-corrected chi connectivity index (χ2v) is 4.69. The quantitative estimate of drug-likeness (QED) is 0.623. The Morgan fingerprint density at radius 2 is 2.08 bits per heavy atom. The van der Waals surface area contributed by atoms with E-state index in [1.54, 1.807) is 0 Å². The highest BCUT2D eigenvalue weighted by molar-refractivity contribution is 14.1. The van der Waals surface area contributed by atoms with Crippen molar-refractivity contribution in [3.8, 4) is 0 Å². The maximum atomic E-state index is 5.91. The van der Waals surface area contributed by atoms with Gasteiger partial charge in [0.1, 0.15) is 0 Å². The highest BCUT2D eigenvalue weighted by Gasteiger charge is 2.26. The summed E-state index contributed by atoms with van der Waals surface area (Å²) in [6.07, 6.45) is 2.57. The molecule has 1 nitrogen and oxygen atoms in total. The molecule has 1 aromatic rings. The molecule has 0 unspecified atom stereocenters. The van der Waals surface area contributed by atoms with Gasteiger partial charge in [0.25, 0.3) is 0 Å². The molecule has 2 N–H and O–H groups in total. The first-order chi connectivity index (χ1) is 5.68. The number of rotatable bonds is 1. The minimum absolute atomic E-state index is 0.720. The molecule has 2 rings (SSSR count). The van der Waals surface area contributed by atoms with Crippen LogP contribution in [0, 0.1) is 3.57 Å². The Bertz CT molecular complexity index is 321. The molecule has 0 atom stereocenters. The third kappa shape index (κ3) is 1.55. The molecular weight excluding hydrogens is 284 g/mol. The molecule has 12 heavy (non-hydrogen) atoms. The average molecular weight is 294 g/mol. The third-order valence-electron chi connectivity index (χ3n) is 2.11. The summed E-state index contributed by atoms with van der Waals surface area (Å²) < 4.78 is 1.18. The summed E-state index contributed by atoms with van der Waals surface area (Å²) in [5, 5.41) is 0.759. The zero-order chi connectivity index (χ0) is 8.72. The van der Waals surface area contributed by atoms with Crippen LogP contribution in [0.15, 0.2) is 12.1 Å². The fourth-order valence-corrected chi connectivity index (χ4v) is 2.31. The van der Waals surface area contributed by atoms with Gasteiger partial charge in [-0.15, -0.1) is 0 Å². The molecule has 0 aromatic heterocycles. The van der Waals surface area contributed by atoms with E-state index in [-0.39, 0.29) is 0 Å². The molecule has 0 heterocycles. The van der Waals surface area contributed by atoms with Crippen molar-refractivity contribution in [2.24, 2.45) is 0 Å². The summed E-state index contributed by atoms with van der Waals surface area (Å²) >= 11 is 8.20. The minimum Gasteiger partial charge on any atom is -0.398 e. The Balaban J connectivity index is 2.51. The maximum Gasteiger partial charge on any atom is 0.0467 e. The van der Waals surface area contributed by atoms with Gasteiger partial charge in [-0.05, 0) is 59.0 Å². The predicted molar refractivity (Wildman–Crippen MR) is 60.6 cm³/mol. The lowest BCUT2D eigenvalue weighted by molar-refractivity contribution is 1.12. The van der Waals surface area contributed by atoms with Crippen LogP contribution in [0.1, 0.15) is 24.3 Å². The van der Waals surface area contributed by atoms with Crippen molar-refractivity contribution in [1.29, 1.82) is 0 Å². The number of halogens is 2. The Morgan fingerprint density at radius 1 is 1.42 bits per heavy atom. The van der Waals surface area contributed by atoms with Crippen LogP contribution in [0.3, 0.4) is 0 Å². The molecule has 1 aliphatic rings. The van der Waals surface area contributed by atoms with Crippen molar-refractivity contribution >= 4 is 39.9 Å². The molecule has 0 amide bonds. The van der Waals surface area contributed by atoms with Crippen LogP contribution < -0.4 is 5.73 Å². The van der Waals surface area contributed by atoms with Crippen LogP contribution in [-0.4, -0.2) is 0 Å². The van der Waals surface area contributed by atoms with Crippen molar-refractivity contribution in [2.75, 3.05) is 5.73 Å². The Labute approximate surface area is 90.4 Å². The number of nitrogen functional groups attached to an aromatic ring is 1.